The van der Waals surface area contributed by atoms with Gasteiger partial charge < -0.3 is 5.73 Å². The average Bonchev–Trinajstić information content (AvgIpc) is 2.70. The zero-order valence-electron chi connectivity index (χ0n) is 8.48. The zero-order chi connectivity index (χ0) is 10.7. The van der Waals surface area contributed by atoms with Gasteiger partial charge in [0.2, 0.25) is 0 Å². The monoisotopic (exact) mass is 222 g/mol. The molecule has 0 aromatic carbocycles. The average molecular weight is 222 g/mol. The van der Waals surface area contributed by atoms with Crippen molar-refractivity contribution < 1.29 is 4.79 Å². The summed E-state index contributed by atoms with van der Waals surface area (Å²) >= 11 is 1.09. The topological polar surface area (TPSA) is 56.0 Å². The molecule has 1 saturated carbocycles. The minimum atomic E-state index is -0.359. The zero-order valence-corrected chi connectivity index (χ0v) is 9.30. The van der Waals surface area contributed by atoms with Crippen molar-refractivity contribution in [3.05, 3.63) is 24.0 Å². The molecular weight excluding hydrogens is 208 g/mol. The van der Waals surface area contributed by atoms with Crippen molar-refractivity contribution in [2.24, 2.45) is 5.73 Å². The maximum atomic E-state index is 10.9. The lowest BCUT2D eigenvalue weighted by Gasteiger charge is -2.12. The fourth-order valence-electron chi connectivity index (χ4n) is 2.16. The smallest absolute Gasteiger partial charge is 0.281 e. The molecular formula is C11H14N2OS. The molecule has 0 aliphatic heterocycles. The largest absolute Gasteiger partial charge is 0.360 e. The molecule has 2 N–H and O–H groups in total. The van der Waals surface area contributed by atoms with E-state index in [1.807, 2.05) is 6.07 Å². The van der Waals surface area contributed by atoms with E-state index in [4.69, 9.17) is 5.73 Å². The summed E-state index contributed by atoms with van der Waals surface area (Å²) < 4.78 is 0. The fourth-order valence-corrected chi connectivity index (χ4v) is 2.84. The van der Waals surface area contributed by atoms with E-state index in [0.717, 1.165) is 16.7 Å². The molecule has 0 unspecified atom stereocenters. The number of carbonyl (C=O) groups is 1. The van der Waals surface area contributed by atoms with Crippen LogP contribution in [0.25, 0.3) is 0 Å². The summed E-state index contributed by atoms with van der Waals surface area (Å²) in [6, 6.07) is 2.02. The molecule has 1 aromatic rings. The molecule has 0 atom stereocenters. The Labute approximate surface area is 93.5 Å². The Bertz CT molecular complexity index is 361. The van der Waals surface area contributed by atoms with Gasteiger partial charge in [-0.3, -0.25) is 9.78 Å². The first kappa shape index (κ1) is 10.5. The van der Waals surface area contributed by atoms with Crippen molar-refractivity contribution in [2.45, 2.75) is 36.5 Å². The normalized spacial score (nSPS) is 16.8. The standard InChI is InChI=1S/C11H14N2OS/c12-11(14)15-10-7-13-6-5-9(10)8-3-1-2-4-8/h5-8H,1-4H2,(H2,12,14). The maximum Gasteiger partial charge on any atom is 0.281 e. The Balaban J connectivity index is 2.24. The number of pyridine rings is 1. The molecule has 15 heavy (non-hydrogen) atoms. The highest BCUT2D eigenvalue weighted by Gasteiger charge is 2.20. The number of carbonyl (C=O) groups excluding carboxylic acids is 1. The number of hydrogen-bond acceptors (Lipinski definition) is 3. The Morgan fingerprint density at radius 3 is 2.87 bits per heavy atom. The molecule has 3 nitrogen and oxygen atoms in total. The van der Waals surface area contributed by atoms with Crippen molar-refractivity contribution in [3.8, 4) is 0 Å². The maximum absolute atomic E-state index is 10.9. The number of primary amides is 1. The molecule has 1 amide bonds. The molecule has 0 bridgehead atoms. The van der Waals surface area contributed by atoms with Crippen molar-refractivity contribution >= 4 is 17.0 Å². The van der Waals surface area contributed by atoms with Gasteiger partial charge in [0.25, 0.3) is 5.24 Å². The van der Waals surface area contributed by atoms with E-state index in [1.54, 1.807) is 12.4 Å². The van der Waals surface area contributed by atoms with Crippen molar-refractivity contribution in [3.63, 3.8) is 0 Å². The second kappa shape index (κ2) is 4.66. The van der Waals surface area contributed by atoms with Gasteiger partial charge in [-0.2, -0.15) is 0 Å². The first-order chi connectivity index (χ1) is 7.27. The minimum absolute atomic E-state index is 0.359. The summed E-state index contributed by atoms with van der Waals surface area (Å²) in [5, 5.41) is -0.359. The Morgan fingerprint density at radius 1 is 1.47 bits per heavy atom. The van der Waals surface area contributed by atoms with Crippen LogP contribution in [0.4, 0.5) is 4.79 Å². The van der Waals surface area contributed by atoms with E-state index < -0.39 is 0 Å². The lowest BCUT2D eigenvalue weighted by molar-refractivity contribution is 0.267. The van der Waals surface area contributed by atoms with E-state index in [-0.39, 0.29) is 5.24 Å². The third-order valence-corrected chi connectivity index (χ3v) is 3.58. The van der Waals surface area contributed by atoms with Crippen LogP contribution < -0.4 is 5.73 Å². The van der Waals surface area contributed by atoms with Gasteiger partial charge in [-0.1, -0.05) is 12.8 Å². The van der Waals surface area contributed by atoms with Crippen LogP contribution in [-0.2, 0) is 0 Å². The first-order valence-electron chi connectivity index (χ1n) is 5.18. The van der Waals surface area contributed by atoms with E-state index in [2.05, 4.69) is 4.98 Å². The van der Waals surface area contributed by atoms with Crippen LogP contribution in [0.2, 0.25) is 0 Å². The molecule has 1 aliphatic carbocycles. The molecule has 4 heteroatoms. The summed E-state index contributed by atoms with van der Waals surface area (Å²) in [7, 11) is 0. The molecule has 0 radical (unpaired) electrons. The van der Waals surface area contributed by atoms with Crippen LogP contribution in [0.5, 0.6) is 0 Å². The van der Waals surface area contributed by atoms with Crippen LogP contribution in [0.3, 0.4) is 0 Å². The quantitative estimate of drug-likeness (QED) is 0.783. The van der Waals surface area contributed by atoms with Gasteiger partial charge in [0, 0.05) is 17.3 Å². The highest BCUT2D eigenvalue weighted by molar-refractivity contribution is 8.13. The molecule has 1 fully saturated rings. The van der Waals surface area contributed by atoms with Crippen LogP contribution in [0.1, 0.15) is 37.2 Å². The highest BCUT2D eigenvalue weighted by Crippen LogP contribution is 2.38. The van der Waals surface area contributed by atoms with Gasteiger partial charge in [0.05, 0.1) is 0 Å². The lowest BCUT2D eigenvalue weighted by atomic mass is 9.99. The Morgan fingerprint density at radius 2 is 2.20 bits per heavy atom. The van der Waals surface area contributed by atoms with Crippen LogP contribution in [0, 0.1) is 0 Å². The minimum Gasteiger partial charge on any atom is -0.360 e. The number of hydrogen-bond donors (Lipinski definition) is 1. The summed E-state index contributed by atoms with van der Waals surface area (Å²) in [4.78, 5) is 15.9. The Hall–Kier alpha value is -1.03. The highest BCUT2D eigenvalue weighted by atomic mass is 32.2. The van der Waals surface area contributed by atoms with Crippen molar-refractivity contribution in [1.82, 2.24) is 4.98 Å². The molecule has 1 aliphatic rings. The van der Waals surface area contributed by atoms with Gasteiger partial charge in [-0.25, -0.2) is 0 Å². The molecule has 0 saturated heterocycles. The summed E-state index contributed by atoms with van der Waals surface area (Å²) in [5.74, 6) is 0.592. The summed E-state index contributed by atoms with van der Waals surface area (Å²) in [6.07, 6.45) is 8.54. The second-order valence-corrected chi connectivity index (χ2v) is 4.86. The second-order valence-electron chi connectivity index (χ2n) is 3.82. The van der Waals surface area contributed by atoms with E-state index in [1.165, 1.54) is 31.2 Å². The fraction of sp³-hybridized carbons (Fsp3) is 0.455. The molecule has 1 heterocycles. The number of amides is 1. The first-order valence-corrected chi connectivity index (χ1v) is 6.00. The van der Waals surface area contributed by atoms with Gasteiger partial charge in [0.15, 0.2) is 0 Å². The van der Waals surface area contributed by atoms with Crippen LogP contribution in [-0.4, -0.2) is 10.2 Å². The van der Waals surface area contributed by atoms with Crippen molar-refractivity contribution in [2.75, 3.05) is 0 Å². The molecule has 2 rings (SSSR count). The van der Waals surface area contributed by atoms with E-state index in [9.17, 15) is 4.79 Å². The number of rotatable bonds is 2. The van der Waals surface area contributed by atoms with Gasteiger partial charge >= 0.3 is 0 Å². The van der Waals surface area contributed by atoms with Gasteiger partial charge in [-0.05, 0) is 42.2 Å². The van der Waals surface area contributed by atoms with Crippen molar-refractivity contribution in [1.29, 1.82) is 0 Å². The summed E-state index contributed by atoms with van der Waals surface area (Å²) in [5.41, 5.74) is 6.43. The van der Waals surface area contributed by atoms with Gasteiger partial charge in [0.1, 0.15) is 0 Å². The predicted molar refractivity (Wildman–Crippen MR) is 60.9 cm³/mol. The van der Waals surface area contributed by atoms with Crippen LogP contribution >= 0.6 is 11.8 Å². The number of aromatic nitrogens is 1. The molecule has 80 valence electrons. The third-order valence-electron chi connectivity index (χ3n) is 2.82. The summed E-state index contributed by atoms with van der Waals surface area (Å²) in [6.45, 7) is 0. The third kappa shape index (κ3) is 2.50. The number of nitrogens with two attached hydrogens (primary N) is 1. The number of nitrogens with zero attached hydrogens (tertiary/aromatic N) is 1. The van der Waals surface area contributed by atoms with Gasteiger partial charge in [-0.15, -0.1) is 0 Å². The predicted octanol–water partition coefficient (Wildman–Crippen LogP) is 2.91. The SMILES string of the molecule is NC(=O)Sc1cnccc1C1CCCC1. The lowest BCUT2D eigenvalue weighted by Crippen LogP contribution is -2.04. The van der Waals surface area contributed by atoms with E-state index >= 15 is 0 Å². The molecule has 0 spiro atoms. The molecule has 1 aromatic heterocycles. The van der Waals surface area contributed by atoms with E-state index in [0.29, 0.717) is 5.92 Å². The van der Waals surface area contributed by atoms with Crippen LogP contribution in [0.15, 0.2) is 23.4 Å². The Kier molecular flexibility index (Phi) is 3.26. The number of thioether (sulfide) groups is 1.